The predicted octanol–water partition coefficient (Wildman–Crippen LogP) is 2.84. The zero-order valence-corrected chi connectivity index (χ0v) is 13.1. The van der Waals surface area contributed by atoms with Gasteiger partial charge in [-0.3, -0.25) is 4.79 Å². The molecule has 0 spiro atoms. The van der Waals surface area contributed by atoms with Gasteiger partial charge in [0.05, 0.1) is 6.07 Å². The predicted molar refractivity (Wildman–Crippen MR) is 81.2 cm³/mol. The molecule has 1 heterocycles. The minimum Gasteiger partial charge on any atom is -0.338 e. The molecule has 0 bridgehead atoms. The molecule has 0 saturated carbocycles. The summed E-state index contributed by atoms with van der Waals surface area (Å²) in [5.41, 5.74) is -0.619. The first-order chi connectivity index (χ1) is 9.65. The minimum atomic E-state index is -0.619. The van der Waals surface area contributed by atoms with Gasteiger partial charge in [-0.1, -0.05) is 33.1 Å². The normalized spacial score (nSPS) is 18.4. The third-order valence-electron chi connectivity index (χ3n) is 4.10. The Kier molecular flexibility index (Phi) is 7.61. The third kappa shape index (κ3) is 5.50. The van der Waals surface area contributed by atoms with Crippen LogP contribution >= 0.6 is 0 Å². The van der Waals surface area contributed by atoms with Crippen LogP contribution in [0.15, 0.2) is 0 Å². The number of carbonyl (C=O) groups is 1. The first kappa shape index (κ1) is 17.0. The van der Waals surface area contributed by atoms with Crippen LogP contribution < -0.4 is 5.32 Å². The van der Waals surface area contributed by atoms with Crippen molar-refractivity contribution in [2.24, 2.45) is 0 Å². The van der Waals surface area contributed by atoms with Crippen LogP contribution in [0, 0.1) is 11.3 Å². The first-order valence-electron chi connectivity index (χ1n) is 8.10. The largest absolute Gasteiger partial charge is 0.338 e. The smallest absolute Gasteiger partial charge is 0.221 e. The maximum atomic E-state index is 12.0. The van der Waals surface area contributed by atoms with Crippen molar-refractivity contribution in [2.45, 2.75) is 70.8 Å². The number of nitrogens with one attached hydrogen (secondary N) is 1. The molecule has 1 saturated heterocycles. The van der Waals surface area contributed by atoms with Gasteiger partial charge in [0.2, 0.25) is 5.91 Å². The molecule has 1 fully saturated rings. The van der Waals surface area contributed by atoms with Crippen LogP contribution in [0.4, 0.5) is 0 Å². The highest BCUT2D eigenvalue weighted by atomic mass is 16.1. The molecule has 1 aliphatic rings. The highest BCUT2D eigenvalue weighted by molar-refractivity contribution is 5.77. The van der Waals surface area contributed by atoms with Crippen LogP contribution in [0.2, 0.25) is 0 Å². The van der Waals surface area contributed by atoms with Crippen LogP contribution in [0.5, 0.6) is 0 Å². The second kappa shape index (κ2) is 8.97. The lowest BCUT2D eigenvalue weighted by Crippen LogP contribution is -2.54. The molecular weight excluding hydrogens is 250 g/mol. The van der Waals surface area contributed by atoms with E-state index in [0.29, 0.717) is 6.42 Å². The summed E-state index contributed by atoms with van der Waals surface area (Å²) in [4.78, 5) is 14.3. The van der Waals surface area contributed by atoms with E-state index in [1.54, 1.807) is 0 Å². The van der Waals surface area contributed by atoms with Gasteiger partial charge in [0, 0.05) is 19.5 Å². The van der Waals surface area contributed by atoms with Crippen LogP contribution in [0.25, 0.3) is 0 Å². The number of unbranched alkanes of at least 4 members (excludes halogenated alkanes) is 3. The fourth-order valence-corrected chi connectivity index (χ4v) is 2.78. The molecule has 0 radical (unpaired) electrons. The van der Waals surface area contributed by atoms with Crippen LogP contribution in [0.3, 0.4) is 0 Å². The van der Waals surface area contributed by atoms with E-state index in [4.69, 9.17) is 0 Å². The maximum Gasteiger partial charge on any atom is 0.221 e. The van der Waals surface area contributed by atoms with Crippen molar-refractivity contribution in [3.63, 3.8) is 0 Å². The summed E-state index contributed by atoms with van der Waals surface area (Å²) in [6.45, 7) is 7.25. The van der Waals surface area contributed by atoms with E-state index in [1.807, 2.05) is 0 Å². The van der Waals surface area contributed by atoms with Crippen molar-refractivity contribution in [3.05, 3.63) is 0 Å². The number of rotatable bonds is 8. The second-order valence-corrected chi connectivity index (χ2v) is 5.89. The molecule has 114 valence electrons. The van der Waals surface area contributed by atoms with Crippen LogP contribution in [-0.4, -0.2) is 36.0 Å². The summed E-state index contributed by atoms with van der Waals surface area (Å²) < 4.78 is 0. The maximum absolute atomic E-state index is 12.0. The lowest BCUT2D eigenvalue weighted by Gasteiger charge is -2.37. The van der Waals surface area contributed by atoms with E-state index in [0.717, 1.165) is 51.7 Å². The number of nitriles is 1. The molecule has 4 heteroatoms. The number of hydrogen-bond acceptors (Lipinski definition) is 3. The average Bonchev–Trinajstić information content (AvgIpc) is 2.46. The van der Waals surface area contributed by atoms with Crippen molar-refractivity contribution in [1.29, 1.82) is 5.26 Å². The van der Waals surface area contributed by atoms with Gasteiger partial charge in [-0.2, -0.15) is 5.26 Å². The number of carbonyl (C=O) groups excluding carboxylic acids is 1. The number of piperidine rings is 1. The zero-order valence-electron chi connectivity index (χ0n) is 13.1. The topological polar surface area (TPSA) is 56.1 Å². The van der Waals surface area contributed by atoms with Crippen LogP contribution in [0.1, 0.15) is 65.2 Å². The Labute approximate surface area is 123 Å². The number of likely N-dealkylation sites (tertiary alicyclic amines) is 1. The van der Waals surface area contributed by atoms with E-state index in [-0.39, 0.29) is 5.91 Å². The molecule has 1 rings (SSSR count). The number of nitrogens with zero attached hydrogens (tertiary/aromatic N) is 2. The summed E-state index contributed by atoms with van der Waals surface area (Å²) in [7, 11) is 0. The van der Waals surface area contributed by atoms with Gasteiger partial charge in [-0.05, 0) is 32.2 Å². The lowest BCUT2D eigenvalue weighted by molar-refractivity contribution is -0.123. The molecule has 1 N–H and O–H groups in total. The van der Waals surface area contributed by atoms with Gasteiger partial charge in [-0.25, -0.2) is 0 Å². The standard InChI is InChI=1S/C16H29N3O/c1-3-5-6-7-8-15(20)18-16(14-17)9-12-19(11-4-2)13-10-16/h3-13H2,1-2H3,(H,18,20). The Morgan fingerprint density at radius 3 is 2.45 bits per heavy atom. The van der Waals surface area contributed by atoms with E-state index in [2.05, 4.69) is 30.1 Å². The van der Waals surface area contributed by atoms with Gasteiger partial charge in [-0.15, -0.1) is 0 Å². The van der Waals surface area contributed by atoms with Crippen LogP contribution in [-0.2, 0) is 4.79 Å². The second-order valence-electron chi connectivity index (χ2n) is 5.89. The Hall–Kier alpha value is -1.08. The van der Waals surface area contributed by atoms with E-state index in [9.17, 15) is 10.1 Å². The molecule has 0 atom stereocenters. The van der Waals surface area contributed by atoms with Gasteiger partial charge in [0.15, 0.2) is 0 Å². The van der Waals surface area contributed by atoms with Crippen molar-refractivity contribution < 1.29 is 4.79 Å². The molecule has 1 amide bonds. The molecule has 0 aromatic heterocycles. The Bertz CT molecular complexity index is 327. The number of hydrogen-bond donors (Lipinski definition) is 1. The van der Waals surface area contributed by atoms with Crippen molar-refractivity contribution in [3.8, 4) is 6.07 Å². The fourth-order valence-electron chi connectivity index (χ4n) is 2.78. The van der Waals surface area contributed by atoms with Crippen molar-refractivity contribution in [2.75, 3.05) is 19.6 Å². The summed E-state index contributed by atoms with van der Waals surface area (Å²) in [6.07, 6.45) is 7.61. The monoisotopic (exact) mass is 279 g/mol. The molecule has 0 aromatic carbocycles. The van der Waals surface area contributed by atoms with Gasteiger partial charge in [0.1, 0.15) is 5.54 Å². The van der Waals surface area contributed by atoms with Gasteiger partial charge < -0.3 is 10.2 Å². The summed E-state index contributed by atoms with van der Waals surface area (Å²) in [6, 6.07) is 2.35. The van der Waals surface area contributed by atoms with Gasteiger partial charge in [0.25, 0.3) is 0 Å². The molecule has 0 aromatic rings. The molecule has 4 nitrogen and oxygen atoms in total. The SMILES string of the molecule is CCCCCCC(=O)NC1(C#N)CCN(CCC)CC1. The highest BCUT2D eigenvalue weighted by Gasteiger charge is 2.35. The summed E-state index contributed by atoms with van der Waals surface area (Å²) in [5, 5.41) is 12.4. The average molecular weight is 279 g/mol. The molecule has 20 heavy (non-hydrogen) atoms. The minimum absolute atomic E-state index is 0.0478. The molecule has 1 aliphatic heterocycles. The van der Waals surface area contributed by atoms with Gasteiger partial charge >= 0.3 is 0 Å². The molecule has 0 unspecified atom stereocenters. The molecular formula is C16H29N3O. The lowest BCUT2D eigenvalue weighted by atomic mass is 9.88. The Morgan fingerprint density at radius 2 is 1.90 bits per heavy atom. The van der Waals surface area contributed by atoms with Crippen molar-refractivity contribution in [1.82, 2.24) is 10.2 Å². The first-order valence-corrected chi connectivity index (χ1v) is 8.10. The fraction of sp³-hybridized carbons (Fsp3) is 0.875. The van der Waals surface area contributed by atoms with E-state index >= 15 is 0 Å². The zero-order chi connectivity index (χ0) is 14.8. The Balaban J connectivity index is 2.35. The Morgan fingerprint density at radius 1 is 1.20 bits per heavy atom. The highest BCUT2D eigenvalue weighted by Crippen LogP contribution is 2.22. The molecule has 0 aliphatic carbocycles. The number of amides is 1. The van der Waals surface area contributed by atoms with E-state index < -0.39 is 5.54 Å². The third-order valence-corrected chi connectivity index (χ3v) is 4.10. The van der Waals surface area contributed by atoms with Crippen molar-refractivity contribution >= 4 is 5.91 Å². The summed E-state index contributed by atoms with van der Waals surface area (Å²) >= 11 is 0. The quantitative estimate of drug-likeness (QED) is 0.695. The summed E-state index contributed by atoms with van der Waals surface area (Å²) in [5.74, 6) is 0.0478. The van der Waals surface area contributed by atoms with E-state index in [1.165, 1.54) is 12.8 Å².